The van der Waals surface area contributed by atoms with Crippen LogP contribution in [-0.4, -0.2) is 35.1 Å². The van der Waals surface area contributed by atoms with E-state index < -0.39 is 5.97 Å². The van der Waals surface area contributed by atoms with Crippen molar-refractivity contribution >= 4 is 5.97 Å². The Hall–Kier alpha value is -3.28. The van der Waals surface area contributed by atoms with Crippen LogP contribution in [0.4, 0.5) is 0 Å². The summed E-state index contributed by atoms with van der Waals surface area (Å²) in [7, 11) is 3.18. The van der Waals surface area contributed by atoms with Gasteiger partial charge in [0.1, 0.15) is 11.5 Å². The number of hydrogen-bond donors (Lipinski definition) is 1. The molecule has 0 bridgehead atoms. The molecule has 26 heavy (non-hydrogen) atoms. The number of aromatic nitrogens is 2. The van der Waals surface area contributed by atoms with Gasteiger partial charge >= 0.3 is 5.97 Å². The number of nitrogens with zero attached hydrogens (tertiary/aromatic N) is 2. The molecular weight excluding hydrogens is 332 g/mol. The van der Waals surface area contributed by atoms with Gasteiger partial charge in [-0.2, -0.15) is 5.10 Å². The third kappa shape index (κ3) is 3.69. The van der Waals surface area contributed by atoms with Crippen LogP contribution in [0.5, 0.6) is 11.5 Å². The van der Waals surface area contributed by atoms with E-state index in [4.69, 9.17) is 19.7 Å². The van der Waals surface area contributed by atoms with E-state index in [-0.39, 0.29) is 6.42 Å². The first-order valence-electron chi connectivity index (χ1n) is 8.20. The zero-order chi connectivity index (χ0) is 18.5. The first-order chi connectivity index (χ1) is 12.6. The number of aliphatic carboxylic acids is 1. The van der Waals surface area contributed by atoms with Crippen molar-refractivity contribution in [2.24, 2.45) is 0 Å². The lowest BCUT2D eigenvalue weighted by Crippen LogP contribution is -1.98. The van der Waals surface area contributed by atoms with Crippen LogP contribution in [0.15, 0.2) is 54.7 Å². The normalized spacial score (nSPS) is 10.5. The zero-order valence-electron chi connectivity index (χ0n) is 14.7. The number of methoxy groups -OCH3 is 2. The Bertz CT molecular complexity index is 903. The van der Waals surface area contributed by atoms with Gasteiger partial charge in [0.25, 0.3) is 0 Å². The van der Waals surface area contributed by atoms with Crippen LogP contribution in [0, 0.1) is 0 Å². The summed E-state index contributed by atoms with van der Waals surface area (Å²) in [6, 6.07) is 15.2. The highest BCUT2D eigenvalue weighted by molar-refractivity contribution is 5.73. The van der Waals surface area contributed by atoms with Gasteiger partial charge in [-0.05, 0) is 36.2 Å². The minimum absolute atomic E-state index is 0.0337. The Morgan fingerprint density at radius 2 is 1.88 bits per heavy atom. The Labute approximate surface area is 151 Å². The quantitative estimate of drug-likeness (QED) is 0.704. The summed E-state index contributed by atoms with van der Waals surface area (Å²) in [5.74, 6) is 0.463. The molecule has 0 unspecified atom stereocenters. The molecule has 0 amide bonds. The van der Waals surface area contributed by atoms with Gasteiger partial charge in [-0.1, -0.05) is 18.2 Å². The second-order valence-corrected chi connectivity index (χ2v) is 5.74. The average molecular weight is 352 g/mol. The van der Waals surface area contributed by atoms with Crippen molar-refractivity contribution in [2.45, 2.75) is 12.8 Å². The molecule has 3 aromatic rings. The van der Waals surface area contributed by atoms with E-state index >= 15 is 0 Å². The van der Waals surface area contributed by atoms with Crippen molar-refractivity contribution in [3.63, 3.8) is 0 Å². The van der Waals surface area contributed by atoms with Crippen molar-refractivity contribution in [3.8, 4) is 28.4 Å². The summed E-state index contributed by atoms with van der Waals surface area (Å²) in [6.07, 6.45) is 2.29. The Balaban J connectivity index is 2.09. The molecule has 2 aromatic carbocycles. The topological polar surface area (TPSA) is 73.6 Å². The molecule has 1 aromatic heterocycles. The number of rotatable bonds is 7. The second-order valence-electron chi connectivity index (χ2n) is 5.74. The summed E-state index contributed by atoms with van der Waals surface area (Å²) in [4.78, 5) is 11.0. The van der Waals surface area contributed by atoms with Gasteiger partial charge in [0, 0.05) is 24.2 Å². The van der Waals surface area contributed by atoms with Gasteiger partial charge in [0.15, 0.2) is 0 Å². The highest BCUT2D eigenvalue weighted by Crippen LogP contribution is 2.35. The number of hydrogen-bond acceptors (Lipinski definition) is 4. The van der Waals surface area contributed by atoms with Crippen LogP contribution in [0.3, 0.4) is 0 Å². The van der Waals surface area contributed by atoms with Gasteiger partial charge in [0.2, 0.25) is 0 Å². The maximum Gasteiger partial charge on any atom is 0.303 e. The number of carboxylic acids is 1. The van der Waals surface area contributed by atoms with E-state index in [1.54, 1.807) is 25.0 Å². The third-order valence-corrected chi connectivity index (χ3v) is 4.08. The molecule has 0 spiro atoms. The summed E-state index contributed by atoms with van der Waals surface area (Å²) < 4.78 is 12.5. The number of carboxylic acid groups (broad SMARTS) is 1. The summed E-state index contributed by atoms with van der Waals surface area (Å²) in [6.45, 7) is 0. The highest BCUT2D eigenvalue weighted by atomic mass is 16.5. The SMILES string of the molecule is COc1ccc(-c2nn(-c3ccccc3)cc2CCC(=O)O)c(OC)c1. The molecule has 0 saturated carbocycles. The molecule has 1 heterocycles. The monoisotopic (exact) mass is 352 g/mol. The Morgan fingerprint density at radius 3 is 2.54 bits per heavy atom. The van der Waals surface area contributed by atoms with Crippen molar-refractivity contribution in [2.75, 3.05) is 14.2 Å². The van der Waals surface area contributed by atoms with Gasteiger partial charge in [-0.3, -0.25) is 4.79 Å². The highest BCUT2D eigenvalue weighted by Gasteiger charge is 2.17. The predicted octanol–water partition coefficient (Wildman–Crippen LogP) is 3.57. The first kappa shape index (κ1) is 17.5. The second kappa shape index (κ2) is 7.74. The molecular formula is C20H20N2O4. The Kier molecular flexibility index (Phi) is 5.22. The first-order valence-corrected chi connectivity index (χ1v) is 8.20. The molecule has 0 fully saturated rings. The third-order valence-electron chi connectivity index (χ3n) is 4.08. The summed E-state index contributed by atoms with van der Waals surface area (Å²) >= 11 is 0. The van der Waals surface area contributed by atoms with Gasteiger partial charge < -0.3 is 14.6 Å². The smallest absolute Gasteiger partial charge is 0.303 e. The molecule has 134 valence electrons. The van der Waals surface area contributed by atoms with Gasteiger partial charge in [-0.15, -0.1) is 0 Å². The maximum absolute atomic E-state index is 11.0. The molecule has 6 heteroatoms. The molecule has 0 saturated heterocycles. The molecule has 3 rings (SSSR count). The van der Waals surface area contributed by atoms with E-state index in [2.05, 4.69) is 0 Å². The van der Waals surface area contributed by atoms with Crippen molar-refractivity contribution in [1.82, 2.24) is 9.78 Å². The van der Waals surface area contributed by atoms with E-state index in [0.717, 1.165) is 16.8 Å². The van der Waals surface area contributed by atoms with E-state index in [9.17, 15) is 4.79 Å². The van der Waals surface area contributed by atoms with Crippen LogP contribution in [0.25, 0.3) is 16.9 Å². The molecule has 0 radical (unpaired) electrons. The number of para-hydroxylation sites is 1. The van der Waals surface area contributed by atoms with E-state index in [1.165, 1.54) is 0 Å². The zero-order valence-corrected chi connectivity index (χ0v) is 14.7. The number of benzene rings is 2. The van der Waals surface area contributed by atoms with Crippen LogP contribution >= 0.6 is 0 Å². The average Bonchev–Trinajstić information content (AvgIpc) is 3.10. The standard InChI is InChI=1S/C20H20N2O4/c1-25-16-9-10-17(18(12-16)26-2)20-14(8-11-19(23)24)13-22(21-20)15-6-4-3-5-7-15/h3-7,9-10,12-13H,8,11H2,1-2H3,(H,23,24). The number of carbonyl (C=O) groups is 1. The molecule has 0 aliphatic rings. The lowest BCUT2D eigenvalue weighted by atomic mass is 10.0. The van der Waals surface area contributed by atoms with E-state index in [0.29, 0.717) is 23.6 Å². The molecule has 1 N–H and O–H groups in total. The summed E-state index contributed by atoms with van der Waals surface area (Å²) in [5, 5.41) is 13.8. The lowest BCUT2D eigenvalue weighted by Gasteiger charge is -2.10. The number of aryl methyl sites for hydroxylation is 1. The molecule has 0 atom stereocenters. The fourth-order valence-electron chi connectivity index (χ4n) is 2.77. The van der Waals surface area contributed by atoms with Crippen LogP contribution < -0.4 is 9.47 Å². The fourth-order valence-corrected chi connectivity index (χ4v) is 2.77. The van der Waals surface area contributed by atoms with Crippen LogP contribution in [0.2, 0.25) is 0 Å². The molecule has 6 nitrogen and oxygen atoms in total. The lowest BCUT2D eigenvalue weighted by molar-refractivity contribution is -0.136. The van der Waals surface area contributed by atoms with Crippen molar-refractivity contribution < 1.29 is 19.4 Å². The van der Waals surface area contributed by atoms with Gasteiger partial charge in [-0.25, -0.2) is 4.68 Å². The predicted molar refractivity (Wildman–Crippen MR) is 98.1 cm³/mol. The Morgan fingerprint density at radius 1 is 1.12 bits per heavy atom. The fraction of sp³-hybridized carbons (Fsp3) is 0.200. The molecule has 0 aliphatic carbocycles. The minimum Gasteiger partial charge on any atom is -0.497 e. The van der Waals surface area contributed by atoms with Crippen molar-refractivity contribution in [1.29, 1.82) is 0 Å². The van der Waals surface area contributed by atoms with Crippen LogP contribution in [0.1, 0.15) is 12.0 Å². The summed E-state index contributed by atoms with van der Waals surface area (Å²) in [5.41, 5.74) is 3.25. The van der Waals surface area contributed by atoms with Gasteiger partial charge in [0.05, 0.1) is 25.6 Å². The van der Waals surface area contributed by atoms with E-state index in [1.807, 2.05) is 48.7 Å². The maximum atomic E-state index is 11.0. The van der Waals surface area contributed by atoms with Crippen molar-refractivity contribution in [3.05, 3.63) is 60.3 Å². The molecule has 0 aliphatic heterocycles. The minimum atomic E-state index is -0.842. The largest absolute Gasteiger partial charge is 0.497 e. The number of ether oxygens (including phenoxy) is 2. The van der Waals surface area contributed by atoms with Crippen LogP contribution in [-0.2, 0) is 11.2 Å².